The quantitative estimate of drug-likeness (QED) is 0.490. The molecule has 7 nitrogen and oxygen atoms in total. The van der Waals surface area contributed by atoms with Crippen molar-refractivity contribution in [3.05, 3.63) is 15.0 Å². The molecule has 1 aromatic heterocycles. The maximum Gasteiger partial charge on any atom is 0.410 e. The molecule has 0 bridgehead atoms. The molecule has 2 fully saturated rings. The van der Waals surface area contributed by atoms with E-state index >= 15 is 0 Å². The van der Waals surface area contributed by atoms with Crippen LogP contribution in [0.5, 0.6) is 0 Å². The molecule has 3 aliphatic rings. The Morgan fingerprint density at radius 1 is 1.13 bits per heavy atom. The van der Waals surface area contributed by atoms with Crippen LogP contribution in [-0.2, 0) is 22.5 Å². The summed E-state index contributed by atoms with van der Waals surface area (Å²) in [7, 11) is 0. The van der Waals surface area contributed by atoms with Gasteiger partial charge in [0.2, 0.25) is 5.91 Å². The summed E-state index contributed by atoms with van der Waals surface area (Å²) >= 11 is 2.32. The summed E-state index contributed by atoms with van der Waals surface area (Å²) in [6.45, 7) is 10.5. The number of carbonyl (C=O) groups is 2. The van der Waals surface area contributed by atoms with E-state index in [0.29, 0.717) is 12.6 Å². The number of fused-ring (bicyclic) bond motifs is 1. The molecule has 172 valence electrons. The highest BCUT2D eigenvalue weighted by atomic mass is 127. The molecule has 1 aliphatic carbocycles. The van der Waals surface area contributed by atoms with Gasteiger partial charge in [0.05, 0.1) is 12.6 Å². The Labute approximate surface area is 199 Å². The molecule has 4 rings (SSSR count). The number of likely N-dealkylation sites (tertiary alicyclic amines) is 1. The zero-order chi connectivity index (χ0) is 22.4. The number of halogens is 1. The van der Waals surface area contributed by atoms with Crippen molar-refractivity contribution in [3.63, 3.8) is 0 Å². The highest BCUT2D eigenvalue weighted by Crippen LogP contribution is 2.47. The van der Waals surface area contributed by atoms with E-state index in [0.717, 1.165) is 61.9 Å². The lowest BCUT2D eigenvalue weighted by Crippen LogP contribution is -2.49. The van der Waals surface area contributed by atoms with Gasteiger partial charge in [-0.2, -0.15) is 5.10 Å². The number of carbonyl (C=O) groups excluding carboxylic acids is 2. The molecule has 8 heteroatoms. The van der Waals surface area contributed by atoms with Crippen molar-refractivity contribution < 1.29 is 14.3 Å². The molecule has 0 aromatic carbocycles. The van der Waals surface area contributed by atoms with Gasteiger partial charge in [-0.25, -0.2) is 4.79 Å². The summed E-state index contributed by atoms with van der Waals surface area (Å²) in [4.78, 5) is 28.3. The van der Waals surface area contributed by atoms with E-state index in [2.05, 4.69) is 27.3 Å². The van der Waals surface area contributed by atoms with Gasteiger partial charge in [0.1, 0.15) is 9.30 Å². The normalized spacial score (nSPS) is 26.7. The Balaban J connectivity index is 1.42. The first-order chi connectivity index (χ1) is 14.6. The van der Waals surface area contributed by atoms with Crippen LogP contribution in [0.2, 0.25) is 0 Å². The average Bonchev–Trinajstić information content (AvgIpc) is 3.03. The van der Waals surface area contributed by atoms with Crippen LogP contribution < -0.4 is 0 Å². The Morgan fingerprint density at radius 3 is 2.48 bits per heavy atom. The van der Waals surface area contributed by atoms with Crippen molar-refractivity contribution in [1.29, 1.82) is 0 Å². The van der Waals surface area contributed by atoms with Crippen LogP contribution >= 0.6 is 22.6 Å². The highest BCUT2D eigenvalue weighted by molar-refractivity contribution is 14.1. The lowest BCUT2D eigenvalue weighted by atomic mass is 9.68. The van der Waals surface area contributed by atoms with E-state index in [1.54, 1.807) is 6.92 Å². The molecule has 1 saturated heterocycles. The first-order valence-electron chi connectivity index (χ1n) is 11.6. The number of nitrogens with zero attached hydrogens (tertiary/aromatic N) is 4. The summed E-state index contributed by atoms with van der Waals surface area (Å²) in [5.41, 5.74) is 2.32. The van der Waals surface area contributed by atoms with Crippen molar-refractivity contribution in [1.82, 2.24) is 19.6 Å². The summed E-state index contributed by atoms with van der Waals surface area (Å²) in [6, 6.07) is 0.420. The van der Waals surface area contributed by atoms with E-state index in [4.69, 9.17) is 9.84 Å². The van der Waals surface area contributed by atoms with Gasteiger partial charge in [0.25, 0.3) is 0 Å². The van der Waals surface area contributed by atoms with Gasteiger partial charge >= 0.3 is 6.09 Å². The van der Waals surface area contributed by atoms with Crippen molar-refractivity contribution in [2.24, 2.45) is 5.41 Å². The molecule has 31 heavy (non-hydrogen) atoms. The van der Waals surface area contributed by atoms with Crippen molar-refractivity contribution in [2.75, 3.05) is 19.6 Å². The second-order valence-electron chi connectivity index (χ2n) is 10.6. The second kappa shape index (κ2) is 8.56. The largest absolute Gasteiger partial charge is 0.444 e. The predicted molar refractivity (Wildman–Crippen MR) is 127 cm³/mol. The standard InChI is InChI=1S/C23H35IN4O3/c1-16(29)26-13-8-19-18(14-26)20(24)25-28(19)17-6-10-23(11-7-17)9-5-12-27(15-23)21(30)31-22(2,3)4/h17H,5-15H2,1-4H3. The highest BCUT2D eigenvalue weighted by Gasteiger charge is 2.42. The van der Waals surface area contributed by atoms with Crippen LogP contribution in [0.1, 0.15) is 83.5 Å². The Morgan fingerprint density at radius 2 is 1.84 bits per heavy atom. The number of piperidine rings is 1. The molecule has 1 saturated carbocycles. The predicted octanol–water partition coefficient (Wildman–Crippen LogP) is 4.52. The zero-order valence-corrected chi connectivity index (χ0v) is 21.4. The lowest BCUT2D eigenvalue weighted by Gasteiger charge is -2.47. The van der Waals surface area contributed by atoms with Crippen LogP contribution in [0.3, 0.4) is 0 Å². The summed E-state index contributed by atoms with van der Waals surface area (Å²) in [5.74, 6) is 0.139. The van der Waals surface area contributed by atoms with Gasteiger partial charge in [-0.3, -0.25) is 9.48 Å². The molecule has 0 unspecified atom stereocenters. The molecule has 0 N–H and O–H groups in total. The topological polar surface area (TPSA) is 67.7 Å². The molecule has 1 spiro atoms. The fourth-order valence-corrected chi connectivity index (χ4v) is 6.25. The first kappa shape index (κ1) is 22.9. The van der Waals surface area contributed by atoms with E-state index in [1.807, 2.05) is 30.6 Å². The minimum atomic E-state index is -0.451. The van der Waals surface area contributed by atoms with Gasteiger partial charge in [0, 0.05) is 44.2 Å². The number of hydrogen-bond acceptors (Lipinski definition) is 4. The van der Waals surface area contributed by atoms with E-state index in [-0.39, 0.29) is 17.4 Å². The molecule has 0 atom stereocenters. The van der Waals surface area contributed by atoms with Crippen LogP contribution in [0.15, 0.2) is 0 Å². The molecule has 2 aliphatic heterocycles. The number of aromatic nitrogens is 2. The third kappa shape index (κ3) is 4.88. The monoisotopic (exact) mass is 542 g/mol. The van der Waals surface area contributed by atoms with Crippen LogP contribution in [0.4, 0.5) is 4.79 Å². The van der Waals surface area contributed by atoms with Crippen molar-refractivity contribution in [2.45, 2.75) is 90.8 Å². The maximum atomic E-state index is 12.6. The van der Waals surface area contributed by atoms with Gasteiger partial charge in [-0.1, -0.05) is 0 Å². The second-order valence-corrected chi connectivity index (χ2v) is 11.6. The van der Waals surface area contributed by atoms with E-state index < -0.39 is 5.60 Å². The molecular weight excluding hydrogens is 507 g/mol. The first-order valence-corrected chi connectivity index (χ1v) is 12.6. The third-order valence-corrected chi connectivity index (χ3v) is 8.02. The van der Waals surface area contributed by atoms with Gasteiger partial charge in [-0.05, 0) is 87.3 Å². The summed E-state index contributed by atoms with van der Waals surface area (Å²) in [6.07, 6.45) is 7.43. The lowest BCUT2D eigenvalue weighted by molar-refractivity contribution is -0.129. The van der Waals surface area contributed by atoms with Gasteiger partial charge < -0.3 is 14.5 Å². The number of hydrogen-bond donors (Lipinski definition) is 0. The van der Waals surface area contributed by atoms with E-state index in [1.165, 1.54) is 17.7 Å². The number of amides is 2. The molecule has 2 amide bonds. The molecule has 0 radical (unpaired) electrons. The summed E-state index contributed by atoms with van der Waals surface area (Å²) < 4.78 is 8.94. The van der Waals surface area contributed by atoms with Crippen LogP contribution in [0.25, 0.3) is 0 Å². The van der Waals surface area contributed by atoms with Gasteiger partial charge in [0.15, 0.2) is 0 Å². The SMILES string of the molecule is CC(=O)N1CCc2c(c(I)nn2C2CCC3(CCCN(C(=O)OC(C)(C)C)C3)CC2)C1. The maximum absolute atomic E-state index is 12.6. The third-order valence-electron chi connectivity index (χ3n) is 7.16. The molecule has 3 heterocycles. The fourth-order valence-electron chi connectivity index (χ4n) is 5.53. The Bertz CT molecular complexity index is 852. The summed E-state index contributed by atoms with van der Waals surface area (Å²) in [5, 5.41) is 4.91. The number of rotatable bonds is 1. The smallest absolute Gasteiger partial charge is 0.410 e. The molecule has 1 aromatic rings. The zero-order valence-electron chi connectivity index (χ0n) is 19.2. The average molecular weight is 542 g/mol. The Hall–Kier alpha value is -1.32. The van der Waals surface area contributed by atoms with Crippen LogP contribution in [0, 0.1) is 9.12 Å². The van der Waals surface area contributed by atoms with E-state index in [9.17, 15) is 9.59 Å². The van der Waals surface area contributed by atoms with Crippen molar-refractivity contribution >= 4 is 34.6 Å². The van der Waals surface area contributed by atoms with Crippen molar-refractivity contribution in [3.8, 4) is 0 Å². The molecular formula is C23H35IN4O3. The minimum absolute atomic E-state index is 0.139. The number of ether oxygens (including phenoxy) is 1. The fraction of sp³-hybridized carbons (Fsp3) is 0.783. The minimum Gasteiger partial charge on any atom is -0.444 e. The van der Waals surface area contributed by atoms with Crippen LogP contribution in [-0.4, -0.2) is 56.8 Å². The van der Waals surface area contributed by atoms with Gasteiger partial charge in [-0.15, -0.1) is 0 Å². The Kier molecular flexibility index (Phi) is 6.31.